The number of carbonyl (C=O) groups excluding carboxylic acids is 1. The molecule has 2 N–H and O–H groups in total. The monoisotopic (exact) mass is 317 g/mol. The Labute approximate surface area is 125 Å². The van der Waals surface area contributed by atoms with E-state index in [1.54, 1.807) is 6.92 Å². The number of aromatic nitrogens is 2. The van der Waals surface area contributed by atoms with Gasteiger partial charge in [-0.05, 0) is 19.8 Å². The maximum absolute atomic E-state index is 12.4. The third kappa shape index (κ3) is 4.28. The molecule has 21 heavy (non-hydrogen) atoms. The molecule has 0 spiro atoms. The van der Waals surface area contributed by atoms with Gasteiger partial charge < -0.3 is 4.74 Å². The Morgan fingerprint density at radius 3 is 2.52 bits per heavy atom. The quantitative estimate of drug-likeness (QED) is 0.710. The minimum atomic E-state index is -3.84. The van der Waals surface area contributed by atoms with Gasteiger partial charge in [0.2, 0.25) is 0 Å². The molecule has 1 unspecified atom stereocenters. The summed E-state index contributed by atoms with van der Waals surface area (Å²) in [6.07, 6.45) is 2.90. The molecule has 0 radical (unpaired) electrons. The highest BCUT2D eigenvalue weighted by Gasteiger charge is 2.28. The van der Waals surface area contributed by atoms with Crippen LogP contribution in [-0.4, -0.2) is 37.2 Å². The maximum atomic E-state index is 12.4. The van der Waals surface area contributed by atoms with Gasteiger partial charge in [-0.1, -0.05) is 26.7 Å². The Balaban J connectivity index is 2.99. The van der Waals surface area contributed by atoms with Crippen molar-refractivity contribution in [3.63, 3.8) is 0 Å². The Kier molecular flexibility index (Phi) is 6.35. The lowest BCUT2D eigenvalue weighted by Crippen LogP contribution is -2.38. The molecular formula is C13H23N3O4S. The summed E-state index contributed by atoms with van der Waals surface area (Å²) in [6, 6.07) is -0.233. The van der Waals surface area contributed by atoms with Crippen molar-refractivity contribution >= 4 is 16.0 Å². The zero-order chi connectivity index (χ0) is 16.0. The van der Waals surface area contributed by atoms with Crippen molar-refractivity contribution < 1.29 is 17.9 Å². The highest BCUT2D eigenvalue weighted by molar-refractivity contribution is 7.89. The summed E-state index contributed by atoms with van der Waals surface area (Å²) in [5.41, 5.74) is -0.0823. The van der Waals surface area contributed by atoms with Crippen LogP contribution in [0.4, 0.5) is 0 Å². The van der Waals surface area contributed by atoms with E-state index in [1.807, 2.05) is 20.8 Å². The number of aromatic amines is 1. The molecule has 0 amide bonds. The van der Waals surface area contributed by atoms with E-state index in [1.165, 1.54) is 0 Å². The largest absolute Gasteiger partial charge is 0.462 e. The van der Waals surface area contributed by atoms with Gasteiger partial charge >= 0.3 is 5.97 Å². The molecule has 0 saturated heterocycles. The molecule has 1 aromatic rings. The van der Waals surface area contributed by atoms with Crippen LogP contribution in [0.2, 0.25) is 0 Å². The van der Waals surface area contributed by atoms with Crippen molar-refractivity contribution in [2.45, 2.75) is 51.6 Å². The third-order valence-corrected chi connectivity index (χ3v) is 5.00. The van der Waals surface area contributed by atoms with Gasteiger partial charge in [0, 0.05) is 6.04 Å². The first-order chi connectivity index (χ1) is 9.87. The summed E-state index contributed by atoms with van der Waals surface area (Å²) >= 11 is 0. The van der Waals surface area contributed by atoms with Crippen molar-refractivity contribution in [1.82, 2.24) is 14.9 Å². The van der Waals surface area contributed by atoms with E-state index in [0.29, 0.717) is 0 Å². The first kappa shape index (κ1) is 17.6. The van der Waals surface area contributed by atoms with Crippen LogP contribution in [0.25, 0.3) is 0 Å². The maximum Gasteiger partial charge on any atom is 0.342 e. The molecule has 0 aromatic carbocycles. The molecule has 0 aliphatic rings. The van der Waals surface area contributed by atoms with Gasteiger partial charge in [0.25, 0.3) is 10.0 Å². The summed E-state index contributed by atoms with van der Waals surface area (Å²) < 4.78 is 32.2. The second kappa shape index (κ2) is 7.56. The molecule has 120 valence electrons. The summed E-state index contributed by atoms with van der Waals surface area (Å²) in [4.78, 5) is 11.7. The van der Waals surface area contributed by atoms with Crippen LogP contribution in [0.15, 0.2) is 11.2 Å². The number of nitrogens with one attached hydrogen (secondary N) is 2. The zero-order valence-electron chi connectivity index (χ0n) is 12.8. The van der Waals surface area contributed by atoms with Crippen LogP contribution in [0.1, 0.15) is 50.9 Å². The highest BCUT2D eigenvalue weighted by atomic mass is 32.2. The fourth-order valence-electron chi connectivity index (χ4n) is 2.23. The van der Waals surface area contributed by atoms with E-state index in [4.69, 9.17) is 4.74 Å². The molecule has 1 heterocycles. The summed E-state index contributed by atoms with van der Waals surface area (Å²) in [7, 11) is -3.84. The van der Waals surface area contributed by atoms with E-state index in [0.717, 1.165) is 19.0 Å². The molecule has 0 aliphatic carbocycles. The van der Waals surface area contributed by atoms with Crippen LogP contribution < -0.4 is 4.72 Å². The topological polar surface area (TPSA) is 101 Å². The zero-order valence-corrected chi connectivity index (χ0v) is 13.7. The SMILES string of the molecule is CCOC(=O)c1cn[nH]c1S(=O)(=O)NC(C)C(CC)CC. The van der Waals surface area contributed by atoms with E-state index in [2.05, 4.69) is 14.9 Å². The number of nitrogens with zero attached hydrogens (tertiary/aromatic N) is 1. The second-order valence-electron chi connectivity index (χ2n) is 4.82. The number of sulfonamides is 1. The van der Waals surface area contributed by atoms with Crippen molar-refractivity contribution in [1.29, 1.82) is 0 Å². The lowest BCUT2D eigenvalue weighted by molar-refractivity contribution is 0.0522. The van der Waals surface area contributed by atoms with Crippen LogP contribution in [-0.2, 0) is 14.8 Å². The van der Waals surface area contributed by atoms with E-state index < -0.39 is 16.0 Å². The summed E-state index contributed by atoms with van der Waals surface area (Å²) in [5.74, 6) is -0.476. The molecule has 0 fully saturated rings. The molecule has 1 aromatic heterocycles. The second-order valence-corrected chi connectivity index (χ2v) is 6.47. The first-order valence-corrected chi connectivity index (χ1v) is 8.58. The number of carbonyl (C=O) groups is 1. The normalized spacial score (nSPS) is 13.4. The van der Waals surface area contributed by atoms with Crippen LogP contribution in [0.5, 0.6) is 0 Å². The van der Waals surface area contributed by atoms with Gasteiger partial charge in [-0.25, -0.2) is 17.9 Å². The number of esters is 1. The van der Waals surface area contributed by atoms with Gasteiger partial charge in [-0.15, -0.1) is 0 Å². The molecular weight excluding hydrogens is 294 g/mol. The van der Waals surface area contributed by atoms with Crippen molar-refractivity contribution in [3.05, 3.63) is 11.8 Å². The summed E-state index contributed by atoms with van der Waals surface area (Å²) in [5, 5.41) is 5.75. The number of hydrogen-bond donors (Lipinski definition) is 2. The number of ether oxygens (including phenoxy) is 1. The smallest absolute Gasteiger partial charge is 0.342 e. The fourth-order valence-corrected chi connectivity index (χ4v) is 3.63. The van der Waals surface area contributed by atoms with Gasteiger partial charge in [0.1, 0.15) is 5.56 Å². The van der Waals surface area contributed by atoms with Crippen LogP contribution in [0, 0.1) is 5.92 Å². The Morgan fingerprint density at radius 2 is 2.00 bits per heavy atom. The third-order valence-electron chi connectivity index (χ3n) is 3.47. The average Bonchev–Trinajstić information content (AvgIpc) is 2.90. The fraction of sp³-hybridized carbons (Fsp3) is 0.692. The molecule has 8 heteroatoms. The van der Waals surface area contributed by atoms with Crippen molar-refractivity contribution in [3.8, 4) is 0 Å². The number of hydrogen-bond acceptors (Lipinski definition) is 5. The molecule has 1 atom stereocenters. The number of rotatable bonds is 8. The minimum absolute atomic E-state index is 0.0823. The average molecular weight is 317 g/mol. The van der Waals surface area contributed by atoms with E-state index in [9.17, 15) is 13.2 Å². The lowest BCUT2D eigenvalue weighted by atomic mass is 9.96. The van der Waals surface area contributed by atoms with Crippen molar-refractivity contribution in [2.75, 3.05) is 6.61 Å². The molecule has 7 nitrogen and oxygen atoms in total. The Hall–Kier alpha value is -1.41. The van der Waals surface area contributed by atoms with E-state index in [-0.39, 0.29) is 29.2 Å². The van der Waals surface area contributed by atoms with Gasteiger partial charge in [0.15, 0.2) is 5.03 Å². The Bertz CT molecular complexity index is 564. The highest BCUT2D eigenvalue weighted by Crippen LogP contribution is 2.18. The first-order valence-electron chi connectivity index (χ1n) is 7.10. The lowest BCUT2D eigenvalue weighted by Gasteiger charge is -2.22. The van der Waals surface area contributed by atoms with Crippen molar-refractivity contribution in [2.24, 2.45) is 5.92 Å². The predicted octanol–water partition coefficient (Wildman–Crippen LogP) is 1.69. The Morgan fingerprint density at radius 1 is 1.38 bits per heavy atom. The predicted molar refractivity (Wildman–Crippen MR) is 78.4 cm³/mol. The minimum Gasteiger partial charge on any atom is -0.462 e. The van der Waals surface area contributed by atoms with Crippen LogP contribution >= 0.6 is 0 Å². The molecule has 0 bridgehead atoms. The van der Waals surface area contributed by atoms with Gasteiger partial charge in [-0.2, -0.15) is 5.10 Å². The number of H-pyrrole nitrogens is 1. The molecule has 0 aliphatic heterocycles. The molecule has 1 rings (SSSR count). The van der Waals surface area contributed by atoms with Gasteiger partial charge in [-0.3, -0.25) is 5.10 Å². The van der Waals surface area contributed by atoms with Crippen LogP contribution in [0.3, 0.4) is 0 Å². The van der Waals surface area contributed by atoms with E-state index >= 15 is 0 Å². The summed E-state index contributed by atoms with van der Waals surface area (Å²) in [6.45, 7) is 7.66. The standard InChI is InChI=1S/C13H23N3O4S/c1-5-10(6-2)9(4)16-21(18,19)12-11(8-14-15-12)13(17)20-7-3/h8-10,16H,5-7H2,1-4H3,(H,14,15). The van der Waals surface area contributed by atoms with Gasteiger partial charge in [0.05, 0.1) is 12.8 Å². The molecule has 0 saturated carbocycles.